The monoisotopic (exact) mass is 262 g/mol. The zero-order chi connectivity index (χ0) is 14.1. The highest BCUT2D eigenvalue weighted by atomic mass is 16.2. The van der Waals surface area contributed by atoms with Gasteiger partial charge >= 0.3 is 6.03 Å². The summed E-state index contributed by atoms with van der Waals surface area (Å²) < 4.78 is 0. The van der Waals surface area contributed by atoms with Gasteiger partial charge in [-0.3, -0.25) is 9.69 Å². The van der Waals surface area contributed by atoms with Crippen molar-refractivity contribution in [3.63, 3.8) is 0 Å². The summed E-state index contributed by atoms with van der Waals surface area (Å²) in [6.07, 6.45) is 1.94. The number of nitrogens with one attached hydrogen (secondary N) is 1. The number of nitrogens with zero attached hydrogens (tertiary/aromatic N) is 1. The van der Waals surface area contributed by atoms with E-state index in [1.807, 2.05) is 44.2 Å². The Morgan fingerprint density at radius 1 is 1.16 bits per heavy atom. The molecule has 3 amide bonds. The van der Waals surface area contributed by atoms with E-state index in [1.54, 1.807) is 0 Å². The molecule has 1 aromatic carbocycles. The normalized spacial score (nSPS) is 10.0. The number of hydrogen-bond donors (Lipinski definition) is 1. The van der Waals surface area contributed by atoms with Gasteiger partial charge in [-0.15, -0.1) is 0 Å². The number of urea groups is 1. The first kappa shape index (κ1) is 15.2. The van der Waals surface area contributed by atoms with Crippen LogP contribution in [0.1, 0.15) is 32.3 Å². The Bertz CT molecular complexity index is 404. The number of rotatable bonds is 6. The molecule has 0 aromatic heterocycles. The molecular weight excluding hydrogens is 240 g/mol. The van der Waals surface area contributed by atoms with Crippen LogP contribution in [0.4, 0.5) is 4.79 Å². The van der Waals surface area contributed by atoms with Gasteiger partial charge in [0.25, 0.3) is 0 Å². The van der Waals surface area contributed by atoms with Crippen LogP contribution in [-0.4, -0.2) is 29.9 Å². The Kier molecular flexibility index (Phi) is 6.64. The summed E-state index contributed by atoms with van der Waals surface area (Å²) in [7, 11) is 0. The van der Waals surface area contributed by atoms with E-state index in [2.05, 4.69) is 5.32 Å². The molecule has 0 radical (unpaired) electrons. The highest BCUT2D eigenvalue weighted by Gasteiger charge is 2.17. The molecule has 1 N–H and O–H groups in total. The largest absolute Gasteiger partial charge is 0.337 e. The zero-order valence-electron chi connectivity index (χ0n) is 11.7. The molecule has 0 aliphatic heterocycles. The van der Waals surface area contributed by atoms with Crippen LogP contribution in [0.3, 0.4) is 0 Å². The van der Waals surface area contributed by atoms with Crippen molar-refractivity contribution in [3.8, 4) is 0 Å². The molecule has 4 heteroatoms. The molecule has 0 spiro atoms. The van der Waals surface area contributed by atoms with Crippen LogP contribution < -0.4 is 5.32 Å². The quantitative estimate of drug-likeness (QED) is 0.856. The van der Waals surface area contributed by atoms with Gasteiger partial charge < -0.3 is 5.32 Å². The lowest BCUT2D eigenvalue weighted by atomic mass is 10.1. The molecule has 0 atom stereocenters. The molecular formula is C15H22N2O2. The molecule has 0 saturated heterocycles. The van der Waals surface area contributed by atoms with Gasteiger partial charge in [-0.1, -0.05) is 37.3 Å². The predicted molar refractivity (Wildman–Crippen MR) is 75.8 cm³/mol. The zero-order valence-corrected chi connectivity index (χ0v) is 11.7. The lowest BCUT2D eigenvalue weighted by Crippen LogP contribution is -2.44. The molecule has 0 aliphatic carbocycles. The molecule has 104 valence electrons. The summed E-state index contributed by atoms with van der Waals surface area (Å²) in [5.74, 6) is -0.109. The average Bonchev–Trinajstić information content (AvgIpc) is 2.41. The van der Waals surface area contributed by atoms with Crippen LogP contribution in [0.5, 0.6) is 0 Å². The van der Waals surface area contributed by atoms with Crippen molar-refractivity contribution in [1.82, 2.24) is 10.2 Å². The number of hydrogen-bond acceptors (Lipinski definition) is 2. The molecule has 19 heavy (non-hydrogen) atoms. The minimum Gasteiger partial charge on any atom is -0.337 e. The van der Waals surface area contributed by atoms with Crippen LogP contribution in [-0.2, 0) is 11.2 Å². The third-order valence-electron chi connectivity index (χ3n) is 2.86. The van der Waals surface area contributed by atoms with Gasteiger partial charge in [0.1, 0.15) is 0 Å². The van der Waals surface area contributed by atoms with Gasteiger partial charge in [0, 0.05) is 19.5 Å². The van der Waals surface area contributed by atoms with E-state index in [9.17, 15) is 9.59 Å². The fourth-order valence-corrected chi connectivity index (χ4v) is 1.84. The van der Waals surface area contributed by atoms with Crippen LogP contribution in [0.15, 0.2) is 30.3 Å². The molecule has 0 fully saturated rings. The predicted octanol–water partition coefficient (Wildman–Crippen LogP) is 2.59. The number of imide groups is 1. The van der Waals surface area contributed by atoms with Crippen molar-refractivity contribution in [2.45, 2.75) is 33.1 Å². The summed E-state index contributed by atoms with van der Waals surface area (Å²) >= 11 is 0. The molecule has 0 unspecified atom stereocenters. The second-order valence-corrected chi connectivity index (χ2v) is 4.36. The summed E-state index contributed by atoms with van der Waals surface area (Å²) in [6, 6.07) is 9.65. The second kappa shape index (κ2) is 8.29. The van der Waals surface area contributed by atoms with Gasteiger partial charge in [0.05, 0.1) is 0 Å². The maximum absolute atomic E-state index is 11.9. The van der Waals surface area contributed by atoms with Crippen LogP contribution in [0.2, 0.25) is 0 Å². The van der Waals surface area contributed by atoms with Crippen LogP contribution in [0.25, 0.3) is 0 Å². The lowest BCUT2D eigenvalue weighted by Gasteiger charge is -2.19. The van der Waals surface area contributed by atoms with E-state index < -0.39 is 0 Å². The first-order valence-corrected chi connectivity index (χ1v) is 6.81. The Morgan fingerprint density at radius 2 is 1.84 bits per heavy atom. The Morgan fingerprint density at radius 3 is 2.42 bits per heavy atom. The lowest BCUT2D eigenvalue weighted by molar-refractivity contribution is -0.128. The van der Waals surface area contributed by atoms with Crippen molar-refractivity contribution in [1.29, 1.82) is 0 Å². The maximum atomic E-state index is 11.9. The summed E-state index contributed by atoms with van der Waals surface area (Å²) in [4.78, 5) is 24.9. The van der Waals surface area contributed by atoms with E-state index in [-0.39, 0.29) is 11.9 Å². The maximum Gasteiger partial charge on any atom is 0.324 e. The van der Waals surface area contributed by atoms with Crippen molar-refractivity contribution in [2.75, 3.05) is 13.1 Å². The van der Waals surface area contributed by atoms with E-state index in [4.69, 9.17) is 0 Å². The molecule has 1 aromatic rings. The third-order valence-corrected chi connectivity index (χ3v) is 2.86. The third kappa shape index (κ3) is 5.12. The number of carbonyl (C=O) groups excluding carboxylic acids is 2. The highest BCUT2D eigenvalue weighted by Crippen LogP contribution is 2.00. The Hall–Kier alpha value is -1.84. The fourth-order valence-electron chi connectivity index (χ4n) is 1.84. The molecule has 0 bridgehead atoms. The standard InChI is InChI=1S/C15H22N2O2/c1-3-8-14(18)17(4-2)15(19)16-12-11-13-9-6-5-7-10-13/h5-7,9-10H,3-4,8,11-12H2,1-2H3,(H,16,19). The summed E-state index contributed by atoms with van der Waals surface area (Å²) in [5, 5.41) is 2.79. The number of carbonyl (C=O) groups is 2. The van der Waals surface area contributed by atoms with Gasteiger partial charge in [-0.05, 0) is 25.3 Å². The molecule has 0 saturated carbocycles. The van der Waals surface area contributed by atoms with Gasteiger partial charge in [-0.25, -0.2) is 4.79 Å². The summed E-state index contributed by atoms with van der Waals surface area (Å²) in [5.41, 5.74) is 1.17. The molecule has 4 nitrogen and oxygen atoms in total. The van der Waals surface area contributed by atoms with Crippen molar-refractivity contribution in [2.24, 2.45) is 0 Å². The highest BCUT2D eigenvalue weighted by molar-refractivity contribution is 5.94. The van der Waals surface area contributed by atoms with Crippen LogP contribution in [0, 0.1) is 0 Å². The Labute approximate surface area is 114 Å². The van der Waals surface area contributed by atoms with E-state index in [1.165, 1.54) is 10.5 Å². The number of benzene rings is 1. The SMILES string of the molecule is CCCC(=O)N(CC)C(=O)NCCc1ccccc1. The fraction of sp³-hybridized carbons (Fsp3) is 0.467. The topological polar surface area (TPSA) is 49.4 Å². The van der Waals surface area contributed by atoms with Gasteiger partial charge in [0.15, 0.2) is 0 Å². The average molecular weight is 262 g/mol. The van der Waals surface area contributed by atoms with Crippen molar-refractivity contribution in [3.05, 3.63) is 35.9 Å². The molecule has 1 rings (SSSR count). The number of amides is 3. The summed E-state index contributed by atoms with van der Waals surface area (Å²) in [6.45, 7) is 4.69. The minimum absolute atomic E-state index is 0.109. The van der Waals surface area contributed by atoms with E-state index >= 15 is 0 Å². The first-order valence-electron chi connectivity index (χ1n) is 6.81. The molecule has 0 heterocycles. The Balaban J connectivity index is 2.39. The second-order valence-electron chi connectivity index (χ2n) is 4.36. The van der Waals surface area contributed by atoms with E-state index in [0.29, 0.717) is 19.5 Å². The van der Waals surface area contributed by atoms with Gasteiger partial charge in [0.2, 0.25) is 5.91 Å². The van der Waals surface area contributed by atoms with Gasteiger partial charge in [-0.2, -0.15) is 0 Å². The van der Waals surface area contributed by atoms with Crippen LogP contribution >= 0.6 is 0 Å². The van der Waals surface area contributed by atoms with Crippen molar-refractivity contribution < 1.29 is 9.59 Å². The minimum atomic E-state index is -0.295. The molecule has 0 aliphatic rings. The van der Waals surface area contributed by atoms with Crippen molar-refractivity contribution >= 4 is 11.9 Å². The first-order chi connectivity index (χ1) is 9.19. The van der Waals surface area contributed by atoms with E-state index in [0.717, 1.165) is 12.8 Å². The smallest absolute Gasteiger partial charge is 0.324 e.